The topological polar surface area (TPSA) is 97.8 Å². The zero-order valence-corrected chi connectivity index (χ0v) is 22.3. The summed E-state index contributed by atoms with van der Waals surface area (Å²) >= 11 is 0. The van der Waals surface area contributed by atoms with Crippen molar-refractivity contribution in [3.8, 4) is 0 Å². The molecule has 1 saturated heterocycles. The number of sulfone groups is 1. The second-order valence-electron chi connectivity index (χ2n) is 11.1. The standard InChI is InChI=1S/C29H31NO6S/c1-18-13-15-20(16-14-18)37(34,35)29(17-19-9-5-8-12-23(19)31)25-22-11-7-6-10-21(22)24(26(29)32)30(25)27(33)36-28(2,3)4/h6-7,9-11,13-16,24-25H,5,8,12,17H2,1-4H3. The first-order chi connectivity index (χ1) is 17.4. The number of Topliss-reactive ketones (excluding diaryl/α,β-unsaturated/α-hetero) is 2. The van der Waals surface area contributed by atoms with E-state index >= 15 is 0 Å². The maximum Gasteiger partial charge on any atom is 0.411 e. The Kier molecular flexibility index (Phi) is 5.94. The number of amides is 1. The third kappa shape index (κ3) is 3.84. The summed E-state index contributed by atoms with van der Waals surface area (Å²) in [5, 5.41) is 0. The van der Waals surface area contributed by atoms with Crippen molar-refractivity contribution in [1.29, 1.82) is 0 Å². The monoisotopic (exact) mass is 521 g/mol. The highest BCUT2D eigenvalue weighted by Crippen LogP contribution is 2.62. The van der Waals surface area contributed by atoms with Crippen molar-refractivity contribution in [2.45, 2.75) is 80.7 Å². The van der Waals surface area contributed by atoms with E-state index < -0.39 is 44.1 Å². The average Bonchev–Trinajstić information content (AvgIpc) is 3.30. The molecule has 5 rings (SSSR count). The Labute approximate surface area is 217 Å². The van der Waals surface area contributed by atoms with Crippen LogP contribution in [0.3, 0.4) is 0 Å². The molecule has 194 valence electrons. The summed E-state index contributed by atoms with van der Waals surface area (Å²) in [6.07, 6.45) is 2.35. The van der Waals surface area contributed by atoms with E-state index in [0.717, 1.165) is 5.56 Å². The summed E-state index contributed by atoms with van der Waals surface area (Å²) in [6.45, 7) is 7.01. The summed E-state index contributed by atoms with van der Waals surface area (Å²) in [5.74, 6) is -0.751. The van der Waals surface area contributed by atoms with Crippen LogP contribution in [-0.2, 0) is 24.2 Å². The Balaban J connectivity index is 1.76. The number of hydrogen-bond donors (Lipinski definition) is 0. The molecule has 2 aromatic rings. The Morgan fingerprint density at radius 1 is 1.05 bits per heavy atom. The van der Waals surface area contributed by atoms with Gasteiger partial charge in [0.15, 0.2) is 26.2 Å². The van der Waals surface area contributed by atoms with Crippen LogP contribution in [0.25, 0.3) is 0 Å². The molecule has 3 atom stereocenters. The van der Waals surface area contributed by atoms with Gasteiger partial charge in [-0.05, 0) is 69.4 Å². The number of carbonyl (C=O) groups is 3. The third-order valence-corrected chi connectivity index (χ3v) is 9.89. The van der Waals surface area contributed by atoms with Gasteiger partial charge in [-0.3, -0.25) is 14.5 Å². The molecule has 3 aliphatic rings. The van der Waals surface area contributed by atoms with E-state index in [0.29, 0.717) is 36.0 Å². The van der Waals surface area contributed by atoms with Gasteiger partial charge >= 0.3 is 6.09 Å². The number of carbonyl (C=O) groups excluding carboxylic acids is 3. The molecule has 3 unspecified atom stereocenters. The number of hydrogen-bond acceptors (Lipinski definition) is 6. The predicted octanol–water partition coefficient (Wildman–Crippen LogP) is 5.19. The van der Waals surface area contributed by atoms with Gasteiger partial charge in [-0.15, -0.1) is 0 Å². The second kappa shape index (κ2) is 8.65. The fourth-order valence-electron chi connectivity index (χ4n) is 5.85. The molecule has 0 radical (unpaired) electrons. The van der Waals surface area contributed by atoms with Gasteiger partial charge in [-0.2, -0.15) is 0 Å². The normalized spacial score (nSPS) is 25.2. The molecule has 37 heavy (non-hydrogen) atoms. The highest BCUT2D eigenvalue weighted by Gasteiger charge is 2.72. The van der Waals surface area contributed by atoms with Crippen LogP contribution in [-0.4, -0.2) is 41.3 Å². The van der Waals surface area contributed by atoms with Crippen LogP contribution in [0.2, 0.25) is 0 Å². The lowest BCUT2D eigenvalue weighted by molar-refractivity contribution is -0.122. The minimum atomic E-state index is -4.36. The molecule has 0 spiro atoms. The zero-order chi connectivity index (χ0) is 26.8. The number of ketones is 2. The van der Waals surface area contributed by atoms with Crippen molar-refractivity contribution in [2.75, 3.05) is 0 Å². The molecule has 0 saturated carbocycles. The number of allylic oxidation sites excluding steroid dienone is 2. The molecule has 2 aliphatic heterocycles. The van der Waals surface area contributed by atoms with Crippen LogP contribution in [0.1, 0.15) is 75.2 Å². The summed E-state index contributed by atoms with van der Waals surface area (Å²) in [6, 6.07) is 11.2. The number of rotatable bonds is 4. The van der Waals surface area contributed by atoms with Gasteiger partial charge in [-0.25, -0.2) is 13.2 Å². The largest absolute Gasteiger partial charge is 0.444 e. The van der Waals surface area contributed by atoms with Gasteiger partial charge in [0.25, 0.3) is 0 Å². The van der Waals surface area contributed by atoms with Crippen LogP contribution in [0.15, 0.2) is 65.1 Å². The minimum absolute atomic E-state index is 0.00974. The van der Waals surface area contributed by atoms with Gasteiger partial charge in [-0.1, -0.05) is 48.0 Å². The highest BCUT2D eigenvalue weighted by atomic mass is 32.2. The van der Waals surface area contributed by atoms with Crippen molar-refractivity contribution in [2.24, 2.45) is 0 Å². The highest BCUT2D eigenvalue weighted by molar-refractivity contribution is 7.93. The molecule has 8 heteroatoms. The van der Waals surface area contributed by atoms with Crippen molar-refractivity contribution in [1.82, 2.24) is 4.90 Å². The molecular formula is C29H31NO6S. The van der Waals surface area contributed by atoms with E-state index in [2.05, 4.69) is 0 Å². The zero-order valence-electron chi connectivity index (χ0n) is 21.5. The van der Waals surface area contributed by atoms with Gasteiger partial charge < -0.3 is 4.74 Å². The van der Waals surface area contributed by atoms with Crippen LogP contribution >= 0.6 is 0 Å². The lowest BCUT2D eigenvalue weighted by atomic mass is 9.77. The molecule has 2 aromatic carbocycles. The second-order valence-corrected chi connectivity index (χ2v) is 13.3. The summed E-state index contributed by atoms with van der Waals surface area (Å²) in [4.78, 5) is 42.2. The van der Waals surface area contributed by atoms with E-state index in [4.69, 9.17) is 4.74 Å². The fraction of sp³-hybridized carbons (Fsp3) is 0.414. The molecular weight excluding hydrogens is 490 g/mol. The lowest BCUT2D eigenvalue weighted by Crippen LogP contribution is -2.51. The van der Waals surface area contributed by atoms with Crippen LogP contribution < -0.4 is 0 Å². The summed E-state index contributed by atoms with van der Waals surface area (Å²) in [7, 11) is -4.36. The number of fused-ring (bicyclic) bond motifs is 5. The van der Waals surface area contributed by atoms with Crippen LogP contribution in [0.5, 0.6) is 0 Å². The van der Waals surface area contributed by atoms with Crippen molar-refractivity contribution < 1.29 is 27.5 Å². The quantitative estimate of drug-likeness (QED) is 0.549. The molecule has 2 bridgehead atoms. The number of benzene rings is 2. The first-order valence-corrected chi connectivity index (χ1v) is 14.0. The van der Waals surface area contributed by atoms with Gasteiger partial charge in [0.05, 0.1) is 10.9 Å². The van der Waals surface area contributed by atoms with Gasteiger partial charge in [0, 0.05) is 12.8 Å². The first kappa shape index (κ1) is 25.4. The van der Waals surface area contributed by atoms with Crippen molar-refractivity contribution in [3.63, 3.8) is 0 Å². The number of ether oxygens (including phenoxy) is 1. The lowest BCUT2D eigenvalue weighted by Gasteiger charge is -2.37. The molecule has 1 amide bonds. The smallest absolute Gasteiger partial charge is 0.411 e. The predicted molar refractivity (Wildman–Crippen MR) is 138 cm³/mol. The maximum absolute atomic E-state index is 14.6. The Morgan fingerprint density at radius 3 is 2.32 bits per heavy atom. The molecule has 7 nitrogen and oxygen atoms in total. The summed E-state index contributed by atoms with van der Waals surface area (Å²) < 4.78 is 32.8. The van der Waals surface area contributed by atoms with Crippen molar-refractivity contribution >= 4 is 27.5 Å². The van der Waals surface area contributed by atoms with Gasteiger partial charge in [0.2, 0.25) is 0 Å². The first-order valence-electron chi connectivity index (χ1n) is 12.6. The molecule has 2 heterocycles. The Hall–Kier alpha value is -3.26. The Morgan fingerprint density at radius 2 is 1.70 bits per heavy atom. The van der Waals surface area contributed by atoms with E-state index in [1.165, 1.54) is 17.0 Å². The Bertz CT molecular complexity index is 1430. The van der Waals surface area contributed by atoms with Crippen molar-refractivity contribution in [3.05, 3.63) is 76.9 Å². The van der Waals surface area contributed by atoms with E-state index in [9.17, 15) is 22.8 Å². The van der Waals surface area contributed by atoms with E-state index in [1.807, 2.05) is 6.92 Å². The number of aryl methyl sites for hydroxylation is 1. The van der Waals surface area contributed by atoms with Crippen LogP contribution in [0.4, 0.5) is 4.79 Å². The SMILES string of the molecule is Cc1ccc(S(=O)(=O)C2(CC3=CCCCC3=O)C(=O)C3c4ccccc4C2N3C(=O)OC(C)(C)C)cc1. The third-order valence-electron chi connectivity index (χ3n) is 7.47. The summed E-state index contributed by atoms with van der Waals surface area (Å²) in [5.41, 5.74) is 1.55. The van der Waals surface area contributed by atoms with Gasteiger partial charge in [0.1, 0.15) is 11.6 Å². The van der Waals surface area contributed by atoms with E-state index in [-0.39, 0.29) is 17.1 Å². The molecule has 1 fully saturated rings. The molecule has 0 N–H and O–H groups in total. The fourth-order valence-corrected chi connectivity index (χ4v) is 8.02. The van der Waals surface area contributed by atoms with E-state index in [1.54, 1.807) is 63.2 Å². The maximum atomic E-state index is 14.6. The number of nitrogens with zero attached hydrogens (tertiary/aromatic N) is 1. The van der Waals surface area contributed by atoms with Crippen LogP contribution in [0, 0.1) is 6.92 Å². The minimum Gasteiger partial charge on any atom is -0.444 e. The molecule has 1 aliphatic carbocycles. The molecule has 0 aromatic heterocycles. The average molecular weight is 522 g/mol.